The Morgan fingerprint density at radius 1 is 1.16 bits per heavy atom. The van der Waals surface area contributed by atoms with Crippen molar-refractivity contribution in [3.63, 3.8) is 0 Å². The highest BCUT2D eigenvalue weighted by Gasteiger charge is 2.29. The summed E-state index contributed by atoms with van der Waals surface area (Å²) in [4.78, 5) is 12.2. The van der Waals surface area contributed by atoms with Gasteiger partial charge in [0.1, 0.15) is 0 Å². The summed E-state index contributed by atoms with van der Waals surface area (Å²) in [5.74, 6) is -0.157. The third kappa shape index (κ3) is 5.82. The Morgan fingerprint density at radius 2 is 1.72 bits per heavy atom. The molecule has 0 atom stereocenters. The second-order valence-electron chi connectivity index (χ2n) is 7.94. The van der Waals surface area contributed by atoms with E-state index in [0.717, 1.165) is 31.4 Å². The van der Waals surface area contributed by atoms with Crippen LogP contribution in [0.3, 0.4) is 0 Å². The maximum absolute atomic E-state index is 12.2. The zero-order chi connectivity index (χ0) is 18.7. The van der Waals surface area contributed by atoms with E-state index < -0.39 is 10.0 Å². The van der Waals surface area contributed by atoms with Gasteiger partial charge in [-0.3, -0.25) is 4.79 Å². The average Bonchev–Trinajstić information content (AvgIpc) is 2.99. The number of nitrogens with one attached hydrogen (secondary N) is 1. The second kappa shape index (κ2) is 7.87. The zero-order valence-electron chi connectivity index (χ0n) is 15.7. The van der Waals surface area contributed by atoms with E-state index in [-0.39, 0.29) is 30.3 Å². The van der Waals surface area contributed by atoms with E-state index in [0.29, 0.717) is 0 Å². The summed E-state index contributed by atoms with van der Waals surface area (Å²) < 4.78 is 25.5. The largest absolute Gasteiger partial charge is 0.326 e. The first kappa shape index (κ1) is 19.9. The molecule has 2 rings (SSSR count). The summed E-state index contributed by atoms with van der Waals surface area (Å²) >= 11 is 0. The van der Waals surface area contributed by atoms with Crippen LogP contribution in [-0.4, -0.2) is 37.5 Å². The van der Waals surface area contributed by atoms with Crippen LogP contribution in [0.2, 0.25) is 0 Å². The molecule has 25 heavy (non-hydrogen) atoms. The van der Waals surface area contributed by atoms with Crippen LogP contribution < -0.4 is 5.32 Å². The molecule has 1 N–H and O–H groups in total. The molecule has 1 amide bonds. The summed E-state index contributed by atoms with van der Waals surface area (Å²) in [5, 5.41) is 2.86. The van der Waals surface area contributed by atoms with Crippen LogP contribution in [0.1, 0.15) is 58.4 Å². The number of rotatable bonds is 6. The number of anilines is 1. The highest BCUT2D eigenvalue weighted by atomic mass is 32.2. The van der Waals surface area contributed by atoms with Gasteiger partial charge in [0.25, 0.3) is 0 Å². The number of benzene rings is 1. The molecule has 0 spiro atoms. The lowest BCUT2D eigenvalue weighted by atomic mass is 9.87. The SMILES string of the molecule is CC(C)(C)c1ccc(NC(=O)CCN(C2CCCC2)S(C)(=O)=O)cc1. The molecule has 5 nitrogen and oxygen atoms in total. The van der Waals surface area contributed by atoms with Crippen LogP contribution in [0.15, 0.2) is 24.3 Å². The molecule has 6 heteroatoms. The van der Waals surface area contributed by atoms with E-state index in [1.165, 1.54) is 16.1 Å². The minimum absolute atomic E-state index is 0.0499. The summed E-state index contributed by atoms with van der Waals surface area (Å²) in [5.41, 5.74) is 2.01. The Morgan fingerprint density at radius 3 is 2.20 bits per heavy atom. The molecule has 0 heterocycles. The molecule has 0 radical (unpaired) electrons. The molecule has 1 aromatic rings. The lowest BCUT2D eigenvalue weighted by Gasteiger charge is -2.26. The van der Waals surface area contributed by atoms with Crippen molar-refractivity contribution in [2.75, 3.05) is 18.1 Å². The van der Waals surface area contributed by atoms with Crippen LogP contribution in [0.5, 0.6) is 0 Å². The molecule has 1 aromatic carbocycles. The van der Waals surface area contributed by atoms with Crippen molar-refractivity contribution >= 4 is 21.6 Å². The van der Waals surface area contributed by atoms with Gasteiger partial charge < -0.3 is 5.32 Å². The molecule has 140 valence electrons. The second-order valence-corrected chi connectivity index (χ2v) is 9.87. The van der Waals surface area contributed by atoms with Gasteiger partial charge in [-0.2, -0.15) is 4.31 Å². The third-order valence-electron chi connectivity index (χ3n) is 4.75. The number of nitrogens with zero attached hydrogens (tertiary/aromatic N) is 1. The molecule has 1 saturated carbocycles. The van der Waals surface area contributed by atoms with Gasteiger partial charge in [-0.25, -0.2) is 8.42 Å². The summed E-state index contributed by atoms with van der Waals surface area (Å²) in [7, 11) is -3.29. The fraction of sp³-hybridized carbons (Fsp3) is 0.632. The highest BCUT2D eigenvalue weighted by Crippen LogP contribution is 2.26. The van der Waals surface area contributed by atoms with Crippen LogP contribution in [0.25, 0.3) is 0 Å². The fourth-order valence-corrected chi connectivity index (χ4v) is 4.48. The van der Waals surface area contributed by atoms with Gasteiger partial charge in [-0.15, -0.1) is 0 Å². The molecule has 0 aromatic heterocycles. The van der Waals surface area contributed by atoms with Crippen LogP contribution in [-0.2, 0) is 20.2 Å². The molecule has 1 fully saturated rings. The molecule has 0 aliphatic heterocycles. The smallest absolute Gasteiger partial charge is 0.225 e. The molecule has 0 saturated heterocycles. The highest BCUT2D eigenvalue weighted by molar-refractivity contribution is 7.88. The van der Waals surface area contributed by atoms with E-state index in [9.17, 15) is 13.2 Å². The monoisotopic (exact) mass is 366 g/mol. The first-order chi connectivity index (χ1) is 11.6. The van der Waals surface area contributed by atoms with Gasteiger partial charge in [-0.1, -0.05) is 45.7 Å². The molecule has 0 unspecified atom stereocenters. The molecule has 1 aliphatic rings. The van der Waals surface area contributed by atoms with Crippen molar-refractivity contribution in [3.8, 4) is 0 Å². The first-order valence-corrected chi connectivity index (χ1v) is 10.8. The Balaban J connectivity index is 1.92. The minimum atomic E-state index is -3.29. The number of carbonyl (C=O) groups excluding carboxylic acids is 1. The number of hydrogen-bond donors (Lipinski definition) is 1. The zero-order valence-corrected chi connectivity index (χ0v) is 16.5. The number of carbonyl (C=O) groups is 1. The molecular weight excluding hydrogens is 336 g/mol. The number of hydrogen-bond acceptors (Lipinski definition) is 3. The van der Waals surface area contributed by atoms with Crippen molar-refractivity contribution in [3.05, 3.63) is 29.8 Å². The van der Waals surface area contributed by atoms with Gasteiger partial charge in [-0.05, 0) is 36.0 Å². The summed E-state index contributed by atoms with van der Waals surface area (Å²) in [6.07, 6.45) is 5.30. The van der Waals surface area contributed by atoms with E-state index in [1.807, 2.05) is 24.3 Å². The van der Waals surface area contributed by atoms with Crippen molar-refractivity contribution in [1.29, 1.82) is 0 Å². The maximum atomic E-state index is 12.2. The summed E-state index contributed by atoms with van der Waals surface area (Å²) in [6.45, 7) is 6.67. The van der Waals surface area contributed by atoms with Gasteiger partial charge >= 0.3 is 0 Å². The summed E-state index contributed by atoms with van der Waals surface area (Å²) in [6, 6.07) is 7.86. The number of amides is 1. The minimum Gasteiger partial charge on any atom is -0.326 e. The maximum Gasteiger partial charge on any atom is 0.225 e. The van der Waals surface area contributed by atoms with E-state index in [1.54, 1.807) is 0 Å². The Kier molecular flexibility index (Phi) is 6.27. The Bertz CT molecular complexity index is 684. The van der Waals surface area contributed by atoms with E-state index in [2.05, 4.69) is 26.1 Å². The van der Waals surface area contributed by atoms with E-state index in [4.69, 9.17) is 0 Å². The normalized spacial score (nSPS) is 16.4. The molecule has 1 aliphatic carbocycles. The number of sulfonamides is 1. The van der Waals surface area contributed by atoms with Gasteiger partial charge in [0.05, 0.1) is 6.26 Å². The third-order valence-corrected chi connectivity index (χ3v) is 6.08. The van der Waals surface area contributed by atoms with Crippen LogP contribution in [0, 0.1) is 0 Å². The average molecular weight is 367 g/mol. The van der Waals surface area contributed by atoms with E-state index >= 15 is 0 Å². The van der Waals surface area contributed by atoms with Gasteiger partial charge in [0.2, 0.25) is 15.9 Å². The fourth-order valence-electron chi connectivity index (χ4n) is 3.30. The first-order valence-electron chi connectivity index (χ1n) is 8.94. The predicted molar refractivity (Wildman–Crippen MR) is 102 cm³/mol. The van der Waals surface area contributed by atoms with Crippen molar-refractivity contribution < 1.29 is 13.2 Å². The van der Waals surface area contributed by atoms with Crippen molar-refractivity contribution in [2.45, 2.75) is 64.3 Å². The molecular formula is C19H30N2O3S. The quantitative estimate of drug-likeness (QED) is 0.838. The standard InChI is InChI=1S/C19H30N2O3S/c1-19(2,3)15-9-11-16(12-10-15)20-18(22)13-14-21(25(4,23)24)17-7-5-6-8-17/h9-12,17H,5-8,13-14H2,1-4H3,(H,20,22). The lowest BCUT2D eigenvalue weighted by Crippen LogP contribution is -2.39. The Labute approximate surface area is 151 Å². The van der Waals surface area contributed by atoms with Crippen LogP contribution >= 0.6 is 0 Å². The topological polar surface area (TPSA) is 66.5 Å². The lowest BCUT2D eigenvalue weighted by molar-refractivity contribution is -0.116. The Hall–Kier alpha value is -1.40. The van der Waals surface area contributed by atoms with Crippen molar-refractivity contribution in [2.24, 2.45) is 0 Å². The predicted octanol–water partition coefficient (Wildman–Crippen LogP) is 3.52. The van der Waals surface area contributed by atoms with Gasteiger partial charge in [0.15, 0.2) is 0 Å². The van der Waals surface area contributed by atoms with Crippen molar-refractivity contribution in [1.82, 2.24) is 4.31 Å². The van der Waals surface area contributed by atoms with Gasteiger partial charge in [0, 0.05) is 24.7 Å². The van der Waals surface area contributed by atoms with Crippen LogP contribution in [0.4, 0.5) is 5.69 Å². The molecule has 0 bridgehead atoms.